The number of non-ortho nitro benzene ring substituents is 1. The molecule has 19 heavy (non-hydrogen) atoms. The zero-order valence-corrected chi connectivity index (χ0v) is 8.94. The molecule has 1 aromatic carbocycles. The van der Waals surface area contributed by atoms with Crippen molar-refractivity contribution < 1.29 is 32.4 Å². The minimum atomic E-state index is -5.37. The highest BCUT2D eigenvalue weighted by molar-refractivity contribution is 5.96. The van der Waals surface area contributed by atoms with Crippen LogP contribution in [0.5, 0.6) is 5.75 Å². The number of phenolic OH excluding ortho intramolecular Hbond substituents is 1. The zero-order valence-electron chi connectivity index (χ0n) is 8.94. The van der Waals surface area contributed by atoms with Gasteiger partial charge in [0, 0.05) is 6.07 Å². The predicted octanol–water partition coefficient (Wildman–Crippen LogP) is 2.14. The number of carbonyl (C=O) groups is 1. The van der Waals surface area contributed by atoms with Gasteiger partial charge in [0.1, 0.15) is 5.75 Å². The predicted molar refractivity (Wildman–Crippen MR) is 54.3 cm³/mol. The maximum Gasteiger partial charge on any atom is 0.428 e. The summed E-state index contributed by atoms with van der Waals surface area (Å²) in [4.78, 5) is 20.3. The molecular weight excluding hydrogens is 276 g/mol. The number of anilines is 1. The largest absolute Gasteiger partial charge is 0.506 e. The normalized spacial score (nSPS) is 12.8. The average Bonchev–Trinajstić information content (AvgIpc) is 2.29. The number of rotatable bonds is 3. The highest BCUT2D eigenvalue weighted by Gasteiger charge is 2.45. The number of nitrogens with zero attached hydrogens (tertiary/aromatic N) is 1. The summed E-state index contributed by atoms with van der Waals surface area (Å²) in [7, 11) is 0. The van der Waals surface area contributed by atoms with Crippen LogP contribution >= 0.6 is 0 Å². The van der Waals surface area contributed by atoms with Crippen LogP contribution in [0.15, 0.2) is 18.2 Å². The zero-order chi connectivity index (χ0) is 14.8. The van der Waals surface area contributed by atoms with E-state index < -0.39 is 40.3 Å². The first-order chi connectivity index (χ1) is 8.62. The Kier molecular flexibility index (Phi) is 3.92. The SMILES string of the molecule is O=C(Nc1ccc([N+](=O)[O-])cc1O)[C@@H](F)C(F)(F)F. The van der Waals surface area contributed by atoms with E-state index in [1.165, 1.54) is 5.32 Å². The first-order valence-corrected chi connectivity index (χ1v) is 4.62. The van der Waals surface area contributed by atoms with E-state index in [1.54, 1.807) is 0 Å². The third-order valence-electron chi connectivity index (χ3n) is 1.97. The minimum absolute atomic E-state index is 0.539. The van der Waals surface area contributed by atoms with E-state index in [2.05, 4.69) is 0 Å². The fourth-order valence-corrected chi connectivity index (χ4v) is 1.08. The van der Waals surface area contributed by atoms with Crippen molar-refractivity contribution >= 4 is 17.3 Å². The molecular formula is C9H6F4N2O4. The number of nitro benzene ring substituents is 1. The van der Waals surface area contributed by atoms with Crippen LogP contribution < -0.4 is 5.32 Å². The van der Waals surface area contributed by atoms with Crippen molar-refractivity contribution in [1.82, 2.24) is 0 Å². The molecule has 0 aliphatic heterocycles. The van der Waals surface area contributed by atoms with Crippen molar-refractivity contribution in [2.75, 3.05) is 5.32 Å². The van der Waals surface area contributed by atoms with Crippen LogP contribution in [0.25, 0.3) is 0 Å². The highest BCUT2D eigenvalue weighted by Crippen LogP contribution is 2.29. The molecule has 0 aliphatic rings. The molecule has 1 amide bonds. The van der Waals surface area contributed by atoms with Gasteiger partial charge in [0.25, 0.3) is 17.8 Å². The Hall–Kier alpha value is -2.39. The van der Waals surface area contributed by atoms with E-state index in [9.17, 15) is 37.6 Å². The van der Waals surface area contributed by atoms with Gasteiger partial charge in [-0.15, -0.1) is 0 Å². The molecule has 10 heteroatoms. The number of amides is 1. The van der Waals surface area contributed by atoms with E-state index in [0.29, 0.717) is 6.07 Å². The number of alkyl halides is 4. The summed E-state index contributed by atoms with van der Waals surface area (Å²) in [6, 6.07) is 2.22. The standard InChI is InChI=1S/C9H6F4N2O4/c10-7(9(11,12)13)8(17)14-5-2-1-4(15(18)19)3-6(5)16/h1-3,7,16H,(H,14,17)/t7-/m1/s1. The third kappa shape index (κ3) is 3.53. The lowest BCUT2D eigenvalue weighted by atomic mass is 10.2. The van der Waals surface area contributed by atoms with Crippen LogP contribution in [-0.4, -0.2) is 28.3 Å². The molecule has 0 fully saturated rings. The van der Waals surface area contributed by atoms with Crippen LogP contribution in [0.4, 0.5) is 28.9 Å². The van der Waals surface area contributed by atoms with Gasteiger partial charge in [-0.25, -0.2) is 4.39 Å². The van der Waals surface area contributed by atoms with Crippen LogP contribution in [-0.2, 0) is 4.79 Å². The van der Waals surface area contributed by atoms with E-state index in [-0.39, 0.29) is 0 Å². The van der Waals surface area contributed by atoms with Crippen LogP contribution in [0, 0.1) is 10.1 Å². The van der Waals surface area contributed by atoms with Crippen molar-refractivity contribution in [2.45, 2.75) is 12.3 Å². The summed E-state index contributed by atoms with van der Waals surface area (Å²) in [5.74, 6) is -2.88. The van der Waals surface area contributed by atoms with Gasteiger partial charge in [0.05, 0.1) is 16.7 Å². The van der Waals surface area contributed by atoms with Gasteiger partial charge in [-0.1, -0.05) is 0 Å². The van der Waals surface area contributed by atoms with Crippen molar-refractivity contribution in [2.24, 2.45) is 0 Å². The van der Waals surface area contributed by atoms with Crippen LogP contribution in [0.2, 0.25) is 0 Å². The van der Waals surface area contributed by atoms with Gasteiger partial charge in [0.15, 0.2) is 0 Å². The Labute approximate surface area is 102 Å². The summed E-state index contributed by atoms with van der Waals surface area (Å²) < 4.78 is 48.3. The Bertz CT molecular complexity index is 517. The number of carbonyl (C=O) groups excluding carboxylic acids is 1. The molecule has 0 unspecified atom stereocenters. The fraction of sp³-hybridized carbons (Fsp3) is 0.222. The lowest BCUT2D eigenvalue weighted by Gasteiger charge is -2.12. The Morgan fingerprint density at radius 2 is 2.00 bits per heavy atom. The summed E-state index contributed by atoms with van der Waals surface area (Å²) in [5, 5.41) is 21.1. The number of phenols is 1. The smallest absolute Gasteiger partial charge is 0.428 e. The van der Waals surface area contributed by atoms with Gasteiger partial charge in [-0.05, 0) is 6.07 Å². The van der Waals surface area contributed by atoms with Crippen LogP contribution in [0.1, 0.15) is 0 Å². The monoisotopic (exact) mass is 282 g/mol. The fourth-order valence-electron chi connectivity index (χ4n) is 1.08. The molecule has 0 heterocycles. The van der Waals surface area contributed by atoms with Crippen molar-refractivity contribution in [1.29, 1.82) is 0 Å². The molecule has 6 nitrogen and oxygen atoms in total. The molecule has 104 valence electrons. The summed E-state index contributed by atoms with van der Waals surface area (Å²) in [6.45, 7) is 0. The van der Waals surface area contributed by atoms with E-state index in [4.69, 9.17) is 0 Å². The van der Waals surface area contributed by atoms with Crippen molar-refractivity contribution in [3.05, 3.63) is 28.3 Å². The first kappa shape index (κ1) is 14.7. The second kappa shape index (κ2) is 5.08. The number of nitrogens with one attached hydrogen (secondary N) is 1. The lowest BCUT2D eigenvalue weighted by Crippen LogP contribution is -2.36. The van der Waals surface area contributed by atoms with Gasteiger partial charge >= 0.3 is 6.18 Å². The Balaban J connectivity index is 2.89. The summed E-state index contributed by atoms with van der Waals surface area (Å²) in [5.41, 5.74) is -1.11. The Morgan fingerprint density at radius 3 is 2.42 bits per heavy atom. The molecule has 0 aromatic heterocycles. The number of aromatic hydroxyl groups is 1. The number of hydrogen-bond donors (Lipinski definition) is 2. The Morgan fingerprint density at radius 1 is 1.42 bits per heavy atom. The maximum atomic E-state index is 12.6. The number of nitro groups is 1. The molecule has 0 aliphatic carbocycles. The van der Waals surface area contributed by atoms with Gasteiger partial charge in [-0.2, -0.15) is 13.2 Å². The quantitative estimate of drug-likeness (QED) is 0.384. The average molecular weight is 282 g/mol. The molecule has 1 rings (SSSR count). The van der Waals surface area contributed by atoms with E-state index in [1.807, 2.05) is 0 Å². The number of hydrogen-bond acceptors (Lipinski definition) is 4. The second-order valence-corrected chi connectivity index (χ2v) is 3.35. The second-order valence-electron chi connectivity index (χ2n) is 3.35. The van der Waals surface area contributed by atoms with E-state index >= 15 is 0 Å². The molecule has 2 N–H and O–H groups in total. The lowest BCUT2D eigenvalue weighted by molar-refractivity contribution is -0.384. The number of halogens is 4. The molecule has 0 saturated heterocycles. The summed E-state index contributed by atoms with van der Waals surface area (Å²) >= 11 is 0. The van der Waals surface area contributed by atoms with Gasteiger partial charge < -0.3 is 10.4 Å². The topological polar surface area (TPSA) is 92.5 Å². The van der Waals surface area contributed by atoms with Crippen LogP contribution in [0.3, 0.4) is 0 Å². The van der Waals surface area contributed by atoms with E-state index in [0.717, 1.165) is 12.1 Å². The molecule has 0 saturated carbocycles. The maximum absolute atomic E-state index is 12.6. The highest BCUT2D eigenvalue weighted by atomic mass is 19.4. The van der Waals surface area contributed by atoms with Gasteiger partial charge in [0.2, 0.25) is 0 Å². The number of benzene rings is 1. The minimum Gasteiger partial charge on any atom is -0.506 e. The van der Waals surface area contributed by atoms with Crippen molar-refractivity contribution in [3.8, 4) is 5.75 Å². The van der Waals surface area contributed by atoms with Gasteiger partial charge in [-0.3, -0.25) is 14.9 Å². The molecule has 0 radical (unpaired) electrons. The first-order valence-electron chi connectivity index (χ1n) is 4.62. The molecule has 0 bridgehead atoms. The third-order valence-corrected chi connectivity index (χ3v) is 1.97. The van der Waals surface area contributed by atoms with Crippen molar-refractivity contribution in [3.63, 3.8) is 0 Å². The summed E-state index contributed by atoms with van der Waals surface area (Å²) in [6.07, 6.45) is -9.14. The molecule has 1 atom stereocenters. The molecule has 1 aromatic rings. The molecule has 0 spiro atoms.